The molecule has 0 aliphatic carbocycles. The maximum absolute atomic E-state index is 11.6. The molecule has 0 amide bonds. The number of nitrogens with zero attached hydrogens (tertiary/aromatic N) is 1. The summed E-state index contributed by atoms with van der Waals surface area (Å²) in [5.41, 5.74) is 0. The molecule has 2 nitrogen and oxygen atoms in total. The Bertz CT molecular complexity index is 243. The van der Waals surface area contributed by atoms with Crippen LogP contribution < -0.4 is 0 Å². The molecule has 72 valence electrons. The summed E-state index contributed by atoms with van der Waals surface area (Å²) in [6.45, 7) is 6.42. The van der Waals surface area contributed by atoms with Gasteiger partial charge in [-0.3, -0.25) is 9.11 Å². The molecule has 12 heavy (non-hydrogen) atoms. The Labute approximate surface area is 76.0 Å². The predicted molar refractivity (Wildman–Crippen MR) is 56.3 cm³/mol. The minimum Gasteiger partial charge on any atom is -0.300 e. The summed E-state index contributed by atoms with van der Waals surface area (Å²) in [4.78, 5) is 2.37. The van der Waals surface area contributed by atoms with Gasteiger partial charge in [-0.15, -0.1) is 0 Å². The molecule has 0 saturated carbocycles. The van der Waals surface area contributed by atoms with E-state index in [1.54, 1.807) is 6.26 Å². The number of hydrogen-bond donors (Lipinski definition) is 0. The Balaban J connectivity index is 2.58. The molecule has 1 aliphatic rings. The summed E-state index contributed by atoms with van der Waals surface area (Å²) in [6, 6.07) is 0.580. The van der Waals surface area contributed by atoms with Crippen molar-refractivity contribution < 1.29 is 4.21 Å². The summed E-state index contributed by atoms with van der Waals surface area (Å²) in [7, 11) is -1.81. The van der Waals surface area contributed by atoms with E-state index in [1.807, 2.05) is 0 Å². The number of likely N-dealkylation sites (tertiary alicyclic amines) is 1. The second-order valence-electron chi connectivity index (χ2n) is 4.07. The van der Waals surface area contributed by atoms with Crippen molar-refractivity contribution in [3.63, 3.8) is 0 Å². The molecule has 1 aliphatic heterocycles. The zero-order valence-corrected chi connectivity index (χ0v) is 9.06. The minimum atomic E-state index is -1.81. The van der Waals surface area contributed by atoms with E-state index in [-0.39, 0.29) is 0 Å². The molecule has 0 N–H and O–H groups in total. The highest BCUT2D eigenvalue weighted by Crippen LogP contribution is 2.17. The Hall–Kier alpha value is -0.0200. The van der Waals surface area contributed by atoms with Crippen molar-refractivity contribution in [1.82, 2.24) is 4.90 Å². The van der Waals surface area contributed by atoms with Gasteiger partial charge in [0.05, 0.1) is 0 Å². The molecule has 1 heterocycles. The third-order valence-corrected chi connectivity index (χ3v) is 4.41. The first kappa shape index (κ1) is 10.1. The maximum atomic E-state index is 11.6. The quantitative estimate of drug-likeness (QED) is 0.599. The smallest absolute Gasteiger partial charge is 0.0409 e. The van der Waals surface area contributed by atoms with Crippen LogP contribution in [0.5, 0.6) is 0 Å². The van der Waals surface area contributed by atoms with Crippen molar-refractivity contribution in [3.05, 3.63) is 0 Å². The standard InChI is InChI=1S/C9H19NOS/c1-8(2)10-6-5-9(7-10)12(3,4)11/h8-9H,3,5-7H2,1-2,4H3. The van der Waals surface area contributed by atoms with Gasteiger partial charge in [-0.1, -0.05) is 0 Å². The van der Waals surface area contributed by atoms with Gasteiger partial charge in [-0.05, 0) is 42.2 Å². The Morgan fingerprint density at radius 3 is 2.42 bits per heavy atom. The molecule has 2 atom stereocenters. The van der Waals surface area contributed by atoms with Gasteiger partial charge >= 0.3 is 0 Å². The molecule has 1 fully saturated rings. The molecule has 0 aromatic rings. The third kappa shape index (κ3) is 2.23. The molecule has 0 aromatic carbocycles. The van der Waals surface area contributed by atoms with Gasteiger partial charge in [-0.2, -0.15) is 0 Å². The molecule has 0 aromatic heterocycles. The normalized spacial score (nSPS) is 30.8. The number of rotatable bonds is 2. The van der Waals surface area contributed by atoms with Crippen molar-refractivity contribution in [2.75, 3.05) is 19.3 Å². The Morgan fingerprint density at radius 2 is 2.17 bits per heavy atom. The van der Waals surface area contributed by atoms with Crippen molar-refractivity contribution in [3.8, 4) is 0 Å². The van der Waals surface area contributed by atoms with Crippen molar-refractivity contribution in [2.24, 2.45) is 0 Å². The zero-order valence-electron chi connectivity index (χ0n) is 8.25. The topological polar surface area (TPSA) is 20.3 Å². The van der Waals surface area contributed by atoms with Crippen LogP contribution in [0.4, 0.5) is 0 Å². The van der Waals surface area contributed by atoms with Crippen molar-refractivity contribution in [1.29, 1.82) is 0 Å². The molecular weight excluding hydrogens is 170 g/mol. The monoisotopic (exact) mass is 189 g/mol. The van der Waals surface area contributed by atoms with Crippen molar-refractivity contribution in [2.45, 2.75) is 31.6 Å². The van der Waals surface area contributed by atoms with Gasteiger partial charge in [0.25, 0.3) is 0 Å². The summed E-state index contributed by atoms with van der Waals surface area (Å²) in [5.74, 6) is 3.75. The van der Waals surface area contributed by atoms with Gasteiger partial charge in [-0.25, -0.2) is 0 Å². The fourth-order valence-electron chi connectivity index (χ4n) is 1.63. The Kier molecular flexibility index (Phi) is 2.84. The van der Waals surface area contributed by atoms with Crippen LogP contribution >= 0.6 is 0 Å². The third-order valence-electron chi connectivity index (χ3n) is 2.61. The molecule has 2 unspecified atom stereocenters. The minimum absolute atomic E-state index is 0.319. The predicted octanol–water partition coefficient (Wildman–Crippen LogP) is 0.815. The van der Waals surface area contributed by atoms with Crippen LogP contribution in [0.3, 0.4) is 0 Å². The second-order valence-corrected chi connectivity index (χ2v) is 6.88. The van der Waals surface area contributed by atoms with Crippen LogP contribution in [0.15, 0.2) is 0 Å². The van der Waals surface area contributed by atoms with E-state index < -0.39 is 9.52 Å². The van der Waals surface area contributed by atoms with E-state index in [0.717, 1.165) is 19.5 Å². The van der Waals surface area contributed by atoms with Crippen molar-refractivity contribution >= 4 is 15.4 Å². The first-order valence-corrected chi connectivity index (χ1v) is 6.66. The van der Waals surface area contributed by atoms with E-state index in [1.165, 1.54) is 0 Å². The van der Waals surface area contributed by atoms with Crippen LogP contribution in [0.1, 0.15) is 20.3 Å². The summed E-state index contributed by atoms with van der Waals surface area (Å²) < 4.78 is 11.6. The highest BCUT2D eigenvalue weighted by molar-refractivity contribution is 8.00. The molecule has 0 radical (unpaired) electrons. The van der Waals surface area contributed by atoms with Crippen LogP contribution in [0.25, 0.3) is 0 Å². The highest BCUT2D eigenvalue weighted by atomic mass is 32.2. The molecule has 0 spiro atoms. The lowest BCUT2D eigenvalue weighted by atomic mass is 10.3. The maximum Gasteiger partial charge on any atom is 0.0409 e. The lowest BCUT2D eigenvalue weighted by Gasteiger charge is -2.20. The second kappa shape index (κ2) is 3.38. The zero-order chi connectivity index (χ0) is 9.35. The fraction of sp³-hybridized carbons (Fsp3) is 0.889. The largest absolute Gasteiger partial charge is 0.300 e. The average molecular weight is 189 g/mol. The fourth-order valence-corrected chi connectivity index (χ4v) is 2.74. The SMILES string of the molecule is C=S(C)(=O)C1CCN(C(C)C)C1. The average Bonchev–Trinajstić information content (AvgIpc) is 2.30. The first-order chi connectivity index (χ1) is 5.41. The molecule has 1 rings (SSSR count). The molecule has 0 bridgehead atoms. The van der Waals surface area contributed by atoms with E-state index in [4.69, 9.17) is 0 Å². The lowest BCUT2D eigenvalue weighted by molar-refractivity contribution is 0.276. The summed E-state index contributed by atoms with van der Waals surface area (Å²) in [6.07, 6.45) is 2.83. The molecule has 3 heteroatoms. The van der Waals surface area contributed by atoms with E-state index in [9.17, 15) is 4.21 Å². The van der Waals surface area contributed by atoms with Gasteiger partial charge in [0.15, 0.2) is 0 Å². The van der Waals surface area contributed by atoms with Crippen LogP contribution in [0, 0.1) is 0 Å². The molecule has 1 saturated heterocycles. The lowest BCUT2D eigenvalue weighted by Crippen LogP contribution is -2.31. The summed E-state index contributed by atoms with van der Waals surface area (Å²) >= 11 is 0. The van der Waals surface area contributed by atoms with Crippen LogP contribution in [0.2, 0.25) is 0 Å². The van der Waals surface area contributed by atoms with Gasteiger partial charge in [0.1, 0.15) is 0 Å². The molecular formula is C9H19NOS. The van der Waals surface area contributed by atoms with Gasteiger partial charge in [0, 0.05) is 24.1 Å². The van der Waals surface area contributed by atoms with E-state index in [0.29, 0.717) is 11.3 Å². The summed E-state index contributed by atoms with van der Waals surface area (Å²) in [5, 5.41) is 0.319. The van der Waals surface area contributed by atoms with Crippen LogP contribution in [-0.2, 0) is 9.52 Å². The first-order valence-electron chi connectivity index (χ1n) is 4.46. The van der Waals surface area contributed by atoms with Crippen LogP contribution in [-0.4, -0.2) is 45.6 Å². The van der Waals surface area contributed by atoms with E-state index in [2.05, 4.69) is 24.6 Å². The van der Waals surface area contributed by atoms with E-state index >= 15 is 0 Å². The highest BCUT2D eigenvalue weighted by Gasteiger charge is 2.27. The van der Waals surface area contributed by atoms with Gasteiger partial charge in [0.2, 0.25) is 0 Å². The Morgan fingerprint density at radius 1 is 1.58 bits per heavy atom. The number of hydrogen-bond acceptors (Lipinski definition) is 2. The van der Waals surface area contributed by atoms with Gasteiger partial charge < -0.3 is 0 Å².